The summed E-state index contributed by atoms with van der Waals surface area (Å²) >= 11 is 0. The van der Waals surface area contributed by atoms with Gasteiger partial charge in [-0.25, -0.2) is 14.4 Å². The number of fused-ring (bicyclic) bond motifs is 3. The van der Waals surface area contributed by atoms with Crippen molar-refractivity contribution < 1.29 is 19.0 Å². The number of aliphatic hydroxyl groups is 1. The molecule has 0 amide bonds. The molecule has 0 saturated carbocycles. The van der Waals surface area contributed by atoms with Crippen LogP contribution in [0.4, 0.5) is 10.3 Å². The van der Waals surface area contributed by atoms with Gasteiger partial charge in [-0.05, 0) is 45.2 Å². The minimum Gasteiger partial charge on any atom is -0.389 e. The molecular formula is C28H34FN5O4. The Hall–Kier alpha value is -2.92. The Kier molecular flexibility index (Phi) is 6.90. The summed E-state index contributed by atoms with van der Waals surface area (Å²) in [5.41, 5.74) is 2.37. The third-order valence-corrected chi connectivity index (χ3v) is 8.04. The number of pyridine rings is 1. The van der Waals surface area contributed by atoms with Crippen LogP contribution in [0.1, 0.15) is 44.8 Å². The molecule has 2 aromatic heterocycles. The van der Waals surface area contributed by atoms with Crippen LogP contribution >= 0.6 is 0 Å². The number of hydrogen-bond acceptors (Lipinski definition) is 8. The number of nitrogens with zero attached hydrogens (tertiary/aromatic N) is 4. The van der Waals surface area contributed by atoms with E-state index in [1.807, 2.05) is 6.07 Å². The van der Waals surface area contributed by atoms with Gasteiger partial charge in [0, 0.05) is 54.0 Å². The van der Waals surface area contributed by atoms with Crippen LogP contribution in [-0.4, -0.2) is 75.2 Å². The van der Waals surface area contributed by atoms with Crippen molar-refractivity contribution >= 4 is 16.9 Å². The van der Waals surface area contributed by atoms with Gasteiger partial charge in [-0.15, -0.1) is 0 Å². The average molecular weight is 524 g/mol. The second-order valence-electron chi connectivity index (χ2n) is 10.9. The molecule has 2 bridgehead atoms. The third-order valence-electron chi connectivity index (χ3n) is 8.04. The van der Waals surface area contributed by atoms with Gasteiger partial charge in [0.1, 0.15) is 5.69 Å². The first kappa shape index (κ1) is 25.4. The zero-order chi connectivity index (χ0) is 26.4. The standard InChI is InChI=1S/C28H34FN5O4/c1-16(2)34-20(12-33-18-4-5-19(33)14-38-13-18)10-25(35)21-6-3-17(9-24(21)34)27-22(29)11-30-28(32-27)31-23-7-8-37-15-26(23)36/h3,6,9-11,16,18-19,23,26,36H,4-5,7-8,12-15H2,1-2H3,(H,30,31,32)/t18?,19?,23-,26-/m1/s1. The third kappa shape index (κ3) is 4.70. The molecule has 10 heteroatoms. The SMILES string of the molecule is CC(C)n1c(CN2C3CCC2COC3)cc(=O)c2ccc(-c3nc(N[C@@H]4CCOC[C@H]4O)ncc3F)cc21. The summed E-state index contributed by atoms with van der Waals surface area (Å²) in [5.74, 6) is -0.313. The van der Waals surface area contributed by atoms with E-state index in [-0.39, 0.29) is 35.8 Å². The van der Waals surface area contributed by atoms with Crippen LogP contribution in [0.2, 0.25) is 0 Å². The molecule has 0 radical (unpaired) electrons. The fraction of sp³-hybridized carbons (Fsp3) is 0.536. The van der Waals surface area contributed by atoms with E-state index in [2.05, 4.69) is 38.6 Å². The number of aliphatic hydroxyl groups excluding tert-OH is 1. The fourth-order valence-electron chi connectivity index (χ4n) is 6.13. The van der Waals surface area contributed by atoms with Crippen molar-refractivity contribution in [3.05, 3.63) is 52.2 Å². The van der Waals surface area contributed by atoms with Gasteiger partial charge in [0.05, 0.1) is 43.7 Å². The Morgan fingerprint density at radius 2 is 1.92 bits per heavy atom. The van der Waals surface area contributed by atoms with Gasteiger partial charge in [0.25, 0.3) is 0 Å². The number of benzene rings is 1. The van der Waals surface area contributed by atoms with Crippen molar-refractivity contribution in [2.75, 3.05) is 31.7 Å². The Bertz CT molecular complexity index is 1380. The number of aromatic nitrogens is 3. The largest absolute Gasteiger partial charge is 0.389 e. The number of nitrogens with one attached hydrogen (secondary N) is 1. The first-order valence-electron chi connectivity index (χ1n) is 13.5. The van der Waals surface area contributed by atoms with Gasteiger partial charge in [-0.3, -0.25) is 9.69 Å². The van der Waals surface area contributed by atoms with E-state index < -0.39 is 11.9 Å². The van der Waals surface area contributed by atoms with Crippen LogP contribution in [0, 0.1) is 5.82 Å². The molecule has 2 N–H and O–H groups in total. The Labute approximate surface area is 220 Å². The number of hydrogen-bond donors (Lipinski definition) is 2. The molecule has 3 fully saturated rings. The highest BCUT2D eigenvalue weighted by Gasteiger charge is 2.37. The zero-order valence-corrected chi connectivity index (χ0v) is 21.8. The minimum atomic E-state index is -0.692. The molecule has 1 aromatic carbocycles. The van der Waals surface area contributed by atoms with Crippen LogP contribution in [0.15, 0.2) is 35.3 Å². The lowest BCUT2D eigenvalue weighted by Gasteiger charge is -2.35. The zero-order valence-electron chi connectivity index (χ0n) is 21.8. The second kappa shape index (κ2) is 10.3. The van der Waals surface area contributed by atoms with Crippen molar-refractivity contribution in [3.8, 4) is 11.3 Å². The molecule has 3 aliphatic heterocycles. The summed E-state index contributed by atoms with van der Waals surface area (Å²) in [6.07, 6.45) is 3.27. The smallest absolute Gasteiger partial charge is 0.223 e. The normalized spacial score (nSPS) is 25.8. The maximum Gasteiger partial charge on any atom is 0.223 e. The molecular weight excluding hydrogens is 489 g/mol. The van der Waals surface area contributed by atoms with Crippen LogP contribution in [0.25, 0.3) is 22.2 Å². The van der Waals surface area contributed by atoms with E-state index in [1.54, 1.807) is 18.2 Å². The lowest BCUT2D eigenvalue weighted by Crippen LogP contribution is -2.45. The lowest BCUT2D eigenvalue weighted by atomic mass is 10.1. The monoisotopic (exact) mass is 523 g/mol. The number of anilines is 1. The first-order valence-corrected chi connectivity index (χ1v) is 13.5. The van der Waals surface area contributed by atoms with Gasteiger partial charge < -0.3 is 24.5 Å². The van der Waals surface area contributed by atoms with E-state index in [0.717, 1.165) is 43.5 Å². The van der Waals surface area contributed by atoms with E-state index in [4.69, 9.17) is 9.47 Å². The molecule has 38 heavy (non-hydrogen) atoms. The maximum atomic E-state index is 15.0. The molecule has 3 aromatic rings. The highest BCUT2D eigenvalue weighted by atomic mass is 19.1. The number of halogens is 1. The van der Waals surface area contributed by atoms with Crippen molar-refractivity contribution in [3.63, 3.8) is 0 Å². The van der Waals surface area contributed by atoms with Crippen molar-refractivity contribution in [2.24, 2.45) is 0 Å². The number of morpholine rings is 1. The highest BCUT2D eigenvalue weighted by molar-refractivity contribution is 5.84. The quantitative estimate of drug-likeness (QED) is 0.508. The van der Waals surface area contributed by atoms with Gasteiger partial charge >= 0.3 is 0 Å². The summed E-state index contributed by atoms with van der Waals surface area (Å²) in [6.45, 7) is 7.09. The summed E-state index contributed by atoms with van der Waals surface area (Å²) < 4.78 is 28.2. The summed E-state index contributed by atoms with van der Waals surface area (Å²) in [7, 11) is 0. The van der Waals surface area contributed by atoms with Crippen LogP contribution < -0.4 is 10.7 Å². The first-order chi connectivity index (χ1) is 18.4. The Morgan fingerprint density at radius 1 is 1.13 bits per heavy atom. The average Bonchev–Trinajstić information content (AvgIpc) is 3.10. The van der Waals surface area contributed by atoms with Crippen LogP contribution in [0.5, 0.6) is 0 Å². The number of rotatable bonds is 6. The maximum absolute atomic E-state index is 15.0. The highest BCUT2D eigenvalue weighted by Crippen LogP contribution is 2.32. The van der Waals surface area contributed by atoms with Crippen LogP contribution in [-0.2, 0) is 16.0 Å². The Balaban J connectivity index is 1.39. The van der Waals surface area contributed by atoms with Gasteiger partial charge in [-0.1, -0.05) is 6.07 Å². The van der Waals surface area contributed by atoms with E-state index in [0.29, 0.717) is 42.6 Å². The molecule has 0 spiro atoms. The van der Waals surface area contributed by atoms with Gasteiger partial charge in [0.15, 0.2) is 11.2 Å². The topological polar surface area (TPSA) is 102 Å². The van der Waals surface area contributed by atoms with Gasteiger partial charge in [0.2, 0.25) is 5.95 Å². The molecule has 202 valence electrons. The minimum absolute atomic E-state index is 0.0434. The molecule has 9 nitrogen and oxygen atoms in total. The van der Waals surface area contributed by atoms with Gasteiger partial charge in [-0.2, -0.15) is 0 Å². The van der Waals surface area contributed by atoms with Crippen molar-refractivity contribution in [1.29, 1.82) is 0 Å². The summed E-state index contributed by atoms with van der Waals surface area (Å²) in [4.78, 5) is 24.2. The van der Waals surface area contributed by atoms with Crippen LogP contribution in [0.3, 0.4) is 0 Å². The molecule has 2 unspecified atom stereocenters. The second-order valence-corrected chi connectivity index (χ2v) is 10.9. The van der Waals surface area contributed by atoms with Crippen molar-refractivity contribution in [1.82, 2.24) is 19.4 Å². The summed E-state index contributed by atoms with van der Waals surface area (Å²) in [5, 5.41) is 13.9. The van der Waals surface area contributed by atoms with E-state index in [1.165, 1.54) is 0 Å². The molecule has 5 heterocycles. The van der Waals surface area contributed by atoms with E-state index in [9.17, 15) is 9.90 Å². The molecule has 6 rings (SSSR count). The summed E-state index contributed by atoms with van der Waals surface area (Å²) in [6, 6.07) is 7.66. The molecule has 4 atom stereocenters. The fourth-order valence-corrected chi connectivity index (χ4v) is 6.13. The predicted octanol–water partition coefficient (Wildman–Crippen LogP) is 3.10. The molecule has 0 aliphatic carbocycles. The van der Waals surface area contributed by atoms with E-state index >= 15 is 4.39 Å². The predicted molar refractivity (Wildman–Crippen MR) is 142 cm³/mol. The molecule has 3 saturated heterocycles. The van der Waals surface area contributed by atoms with Crippen molar-refractivity contribution in [2.45, 2.75) is 69.9 Å². The lowest BCUT2D eigenvalue weighted by molar-refractivity contribution is -0.0197. The molecule has 3 aliphatic rings. The Morgan fingerprint density at radius 3 is 2.66 bits per heavy atom. The number of ether oxygens (including phenoxy) is 2.